The molecule has 0 spiro atoms. The van der Waals surface area contributed by atoms with E-state index in [1.807, 2.05) is 58.0 Å². The fourth-order valence-electron chi connectivity index (χ4n) is 2.78. The molecule has 0 aliphatic carbocycles. The van der Waals surface area contributed by atoms with Gasteiger partial charge in [0.05, 0.1) is 0 Å². The molecule has 0 aliphatic heterocycles. The number of hydrogen-bond donors (Lipinski definition) is 2. The van der Waals surface area contributed by atoms with Crippen molar-refractivity contribution >= 4 is 11.8 Å². The second kappa shape index (κ2) is 9.04. The van der Waals surface area contributed by atoms with E-state index in [0.717, 1.165) is 16.7 Å². The Morgan fingerprint density at radius 3 is 2.15 bits per heavy atom. The number of hydrogen-bond acceptors (Lipinski definition) is 3. The van der Waals surface area contributed by atoms with Crippen molar-refractivity contribution in [2.24, 2.45) is 0 Å². The van der Waals surface area contributed by atoms with E-state index in [1.165, 1.54) is 11.1 Å². The first-order valence-electron chi connectivity index (χ1n) is 8.68. The molecule has 2 aromatic carbocycles. The first-order chi connectivity index (χ1) is 12.3. The standard InChI is InChI=1S/C21H26N2O3/c1-14-5-6-18(17(4)10-14)7-8-20(24)22-23-21(25)13-26-19-11-15(2)9-16(3)12-19/h5-6,9-12H,7-8,13H2,1-4H3,(H,22,24)(H,23,25). The summed E-state index contributed by atoms with van der Waals surface area (Å²) in [7, 11) is 0. The first-order valence-corrected chi connectivity index (χ1v) is 8.68. The van der Waals surface area contributed by atoms with E-state index in [4.69, 9.17) is 4.74 Å². The minimum atomic E-state index is -0.399. The fourth-order valence-corrected chi connectivity index (χ4v) is 2.78. The minimum absolute atomic E-state index is 0.153. The van der Waals surface area contributed by atoms with Crippen LogP contribution in [0, 0.1) is 27.7 Å². The lowest BCUT2D eigenvalue weighted by molar-refractivity contribution is -0.130. The molecular formula is C21H26N2O3. The lowest BCUT2D eigenvalue weighted by Crippen LogP contribution is -2.43. The van der Waals surface area contributed by atoms with Crippen molar-refractivity contribution < 1.29 is 14.3 Å². The zero-order valence-electron chi connectivity index (χ0n) is 15.8. The smallest absolute Gasteiger partial charge is 0.276 e. The number of benzene rings is 2. The van der Waals surface area contributed by atoms with Crippen LogP contribution in [0.1, 0.15) is 34.2 Å². The highest BCUT2D eigenvalue weighted by molar-refractivity contribution is 5.82. The Balaban J connectivity index is 1.72. The number of carbonyl (C=O) groups is 2. The Morgan fingerprint density at radius 1 is 0.846 bits per heavy atom. The molecule has 0 fully saturated rings. The number of carbonyl (C=O) groups excluding carboxylic acids is 2. The number of ether oxygens (including phenoxy) is 1. The van der Waals surface area contributed by atoms with E-state index in [2.05, 4.69) is 16.9 Å². The average molecular weight is 354 g/mol. The Kier molecular flexibility index (Phi) is 6.78. The van der Waals surface area contributed by atoms with Gasteiger partial charge >= 0.3 is 0 Å². The summed E-state index contributed by atoms with van der Waals surface area (Å²) in [4.78, 5) is 23.7. The lowest BCUT2D eigenvalue weighted by Gasteiger charge is -2.10. The summed E-state index contributed by atoms with van der Waals surface area (Å²) in [5.74, 6) is 0.00701. The van der Waals surface area contributed by atoms with Gasteiger partial charge in [0.1, 0.15) is 5.75 Å². The molecule has 0 aromatic heterocycles. The van der Waals surface area contributed by atoms with Crippen molar-refractivity contribution in [3.05, 3.63) is 64.2 Å². The van der Waals surface area contributed by atoms with Crippen molar-refractivity contribution in [2.75, 3.05) is 6.61 Å². The number of nitrogens with one attached hydrogen (secondary N) is 2. The van der Waals surface area contributed by atoms with Gasteiger partial charge in [-0.2, -0.15) is 0 Å². The van der Waals surface area contributed by atoms with E-state index in [9.17, 15) is 9.59 Å². The van der Waals surface area contributed by atoms with Crippen molar-refractivity contribution in [1.82, 2.24) is 10.9 Å². The van der Waals surface area contributed by atoms with Gasteiger partial charge in [-0.15, -0.1) is 0 Å². The Hall–Kier alpha value is -2.82. The van der Waals surface area contributed by atoms with Crippen LogP contribution in [0.25, 0.3) is 0 Å². The predicted molar refractivity (Wildman–Crippen MR) is 102 cm³/mol. The summed E-state index contributed by atoms with van der Waals surface area (Å²) in [6.45, 7) is 7.86. The van der Waals surface area contributed by atoms with Crippen LogP contribution >= 0.6 is 0 Å². The van der Waals surface area contributed by atoms with Gasteiger partial charge in [0, 0.05) is 6.42 Å². The minimum Gasteiger partial charge on any atom is -0.484 e. The summed E-state index contributed by atoms with van der Waals surface area (Å²) >= 11 is 0. The molecule has 0 atom stereocenters. The predicted octanol–water partition coefficient (Wildman–Crippen LogP) is 3.08. The van der Waals surface area contributed by atoms with Gasteiger partial charge in [0.15, 0.2) is 6.61 Å². The molecule has 2 amide bonds. The third-order valence-electron chi connectivity index (χ3n) is 4.03. The summed E-state index contributed by atoms with van der Waals surface area (Å²) < 4.78 is 5.45. The SMILES string of the molecule is Cc1cc(C)cc(OCC(=O)NNC(=O)CCc2ccc(C)cc2C)c1. The molecule has 5 nitrogen and oxygen atoms in total. The van der Waals surface area contributed by atoms with Crippen LogP contribution in [0.4, 0.5) is 0 Å². The van der Waals surface area contributed by atoms with Crippen LogP contribution in [-0.2, 0) is 16.0 Å². The van der Waals surface area contributed by atoms with Gasteiger partial charge in [0.2, 0.25) is 5.91 Å². The molecule has 0 saturated carbocycles. The largest absolute Gasteiger partial charge is 0.484 e. The maximum absolute atomic E-state index is 11.9. The Bertz CT molecular complexity index is 780. The van der Waals surface area contributed by atoms with Crippen molar-refractivity contribution in [2.45, 2.75) is 40.5 Å². The maximum atomic E-state index is 11.9. The summed E-state index contributed by atoms with van der Waals surface area (Å²) in [6, 6.07) is 11.9. The van der Waals surface area contributed by atoms with Gasteiger partial charge in [-0.1, -0.05) is 29.8 Å². The van der Waals surface area contributed by atoms with E-state index >= 15 is 0 Å². The van der Waals surface area contributed by atoms with E-state index in [-0.39, 0.29) is 12.5 Å². The molecule has 2 aromatic rings. The molecule has 2 rings (SSSR count). The molecule has 0 bridgehead atoms. The van der Waals surface area contributed by atoms with Crippen molar-refractivity contribution in [3.63, 3.8) is 0 Å². The Labute approximate surface area is 154 Å². The summed E-state index contributed by atoms with van der Waals surface area (Å²) in [6.07, 6.45) is 0.939. The number of amides is 2. The molecule has 0 aliphatic rings. The molecular weight excluding hydrogens is 328 g/mol. The van der Waals surface area contributed by atoms with Gasteiger partial charge in [0.25, 0.3) is 5.91 Å². The van der Waals surface area contributed by atoms with Crippen LogP contribution in [-0.4, -0.2) is 18.4 Å². The highest BCUT2D eigenvalue weighted by Crippen LogP contribution is 2.16. The quantitative estimate of drug-likeness (QED) is 0.784. The average Bonchev–Trinajstić information content (AvgIpc) is 2.56. The Morgan fingerprint density at radius 2 is 1.50 bits per heavy atom. The van der Waals surface area contributed by atoms with Crippen LogP contribution in [0.2, 0.25) is 0 Å². The van der Waals surface area contributed by atoms with E-state index < -0.39 is 5.91 Å². The highest BCUT2D eigenvalue weighted by Gasteiger charge is 2.07. The summed E-state index contributed by atoms with van der Waals surface area (Å²) in [5.41, 5.74) is 10.4. The monoisotopic (exact) mass is 354 g/mol. The van der Waals surface area contributed by atoms with Gasteiger partial charge < -0.3 is 4.74 Å². The van der Waals surface area contributed by atoms with Crippen molar-refractivity contribution in [3.8, 4) is 5.75 Å². The van der Waals surface area contributed by atoms with Crippen LogP contribution in [0.5, 0.6) is 5.75 Å². The molecule has 26 heavy (non-hydrogen) atoms. The highest BCUT2D eigenvalue weighted by atomic mass is 16.5. The van der Waals surface area contributed by atoms with E-state index in [0.29, 0.717) is 18.6 Å². The number of hydrazine groups is 1. The fraction of sp³-hybridized carbons (Fsp3) is 0.333. The zero-order chi connectivity index (χ0) is 19.1. The second-order valence-electron chi connectivity index (χ2n) is 6.64. The van der Waals surface area contributed by atoms with Crippen molar-refractivity contribution in [1.29, 1.82) is 0 Å². The molecule has 0 radical (unpaired) electrons. The first kappa shape index (κ1) is 19.5. The lowest BCUT2D eigenvalue weighted by atomic mass is 10.0. The van der Waals surface area contributed by atoms with Gasteiger partial charge in [-0.25, -0.2) is 0 Å². The third-order valence-corrected chi connectivity index (χ3v) is 4.03. The molecule has 0 heterocycles. The molecule has 0 saturated heterocycles. The van der Waals surface area contributed by atoms with Crippen LogP contribution < -0.4 is 15.6 Å². The summed E-state index contributed by atoms with van der Waals surface area (Å²) in [5, 5.41) is 0. The second-order valence-corrected chi connectivity index (χ2v) is 6.64. The normalized spacial score (nSPS) is 10.3. The molecule has 5 heteroatoms. The topological polar surface area (TPSA) is 67.4 Å². The molecule has 0 unspecified atom stereocenters. The number of aryl methyl sites for hydroxylation is 5. The number of rotatable bonds is 6. The van der Waals surface area contributed by atoms with Gasteiger partial charge in [-0.3, -0.25) is 20.4 Å². The maximum Gasteiger partial charge on any atom is 0.276 e. The molecule has 2 N–H and O–H groups in total. The molecule has 138 valence electrons. The van der Waals surface area contributed by atoms with Gasteiger partial charge in [-0.05, 0) is 68.5 Å². The van der Waals surface area contributed by atoms with Crippen LogP contribution in [0.3, 0.4) is 0 Å². The third kappa shape index (κ3) is 6.24. The van der Waals surface area contributed by atoms with Crippen LogP contribution in [0.15, 0.2) is 36.4 Å². The van der Waals surface area contributed by atoms with E-state index in [1.54, 1.807) is 0 Å². The zero-order valence-corrected chi connectivity index (χ0v) is 15.8.